The molecule has 5 rings (SSSR count). The second-order valence-corrected chi connectivity index (χ2v) is 9.38. The zero-order valence-corrected chi connectivity index (χ0v) is 20.8. The summed E-state index contributed by atoms with van der Waals surface area (Å²) in [7, 11) is 0. The number of carboxylic acids is 2. The number of hydrogen-bond donors (Lipinski definition) is 2. The van der Waals surface area contributed by atoms with Crippen LogP contribution in [0.2, 0.25) is 0 Å². The summed E-state index contributed by atoms with van der Waals surface area (Å²) in [5, 5.41) is 19.1. The van der Waals surface area contributed by atoms with E-state index in [1.807, 2.05) is 4.52 Å². The van der Waals surface area contributed by atoms with Gasteiger partial charge >= 0.3 is 24.3 Å². The van der Waals surface area contributed by atoms with E-state index in [4.69, 9.17) is 34.6 Å². The van der Waals surface area contributed by atoms with E-state index in [0.29, 0.717) is 5.92 Å². The molecule has 0 spiro atoms. The SMILES string of the molecule is O=C(O)C(F)(F)F.O=C(O)C(F)(F)F.c1cc2nc(C3CCN(CC4CC4)CC3)nn2cc1N1CCOCC1. The van der Waals surface area contributed by atoms with Crippen LogP contribution in [0, 0.1) is 5.92 Å². The van der Waals surface area contributed by atoms with Crippen molar-refractivity contribution >= 4 is 23.3 Å². The maximum absolute atomic E-state index is 10.6. The van der Waals surface area contributed by atoms with Gasteiger partial charge in [-0.1, -0.05) is 0 Å². The largest absolute Gasteiger partial charge is 0.490 e. The number of carbonyl (C=O) groups is 2. The third kappa shape index (κ3) is 9.53. The maximum atomic E-state index is 10.6. The van der Waals surface area contributed by atoms with Gasteiger partial charge in [0.2, 0.25) is 0 Å². The fourth-order valence-corrected chi connectivity index (χ4v) is 4.11. The Balaban J connectivity index is 0.000000251. The van der Waals surface area contributed by atoms with Gasteiger partial charge in [-0.05, 0) is 56.8 Å². The number of hydrogen-bond acceptors (Lipinski definition) is 7. The van der Waals surface area contributed by atoms with Crippen LogP contribution >= 0.6 is 0 Å². The molecule has 3 aliphatic rings. The summed E-state index contributed by atoms with van der Waals surface area (Å²) in [6, 6.07) is 4.26. The molecule has 4 heterocycles. The number of pyridine rings is 1. The molecule has 2 aliphatic heterocycles. The molecule has 0 bridgehead atoms. The first-order chi connectivity index (χ1) is 18.2. The monoisotopic (exact) mass is 569 g/mol. The Bertz CT molecular complexity index is 1080. The van der Waals surface area contributed by atoms with Crippen LogP contribution in [-0.2, 0) is 14.3 Å². The summed E-state index contributed by atoms with van der Waals surface area (Å²) in [6.07, 6.45) is -2.77. The smallest absolute Gasteiger partial charge is 0.475 e. The van der Waals surface area contributed by atoms with Crippen molar-refractivity contribution in [3.05, 3.63) is 24.2 Å². The van der Waals surface area contributed by atoms with Gasteiger partial charge in [0.25, 0.3) is 0 Å². The lowest BCUT2D eigenvalue weighted by molar-refractivity contribution is -0.193. The van der Waals surface area contributed by atoms with Gasteiger partial charge in [0, 0.05) is 25.6 Å². The van der Waals surface area contributed by atoms with E-state index in [1.54, 1.807) is 0 Å². The number of ether oxygens (including phenoxy) is 1. The second kappa shape index (κ2) is 12.8. The van der Waals surface area contributed by atoms with Crippen molar-refractivity contribution in [2.75, 3.05) is 50.8 Å². The molecular weight excluding hydrogens is 540 g/mol. The highest BCUT2D eigenvalue weighted by molar-refractivity contribution is 5.73. The van der Waals surface area contributed by atoms with Gasteiger partial charge in [-0.2, -0.15) is 31.4 Å². The summed E-state index contributed by atoms with van der Waals surface area (Å²) < 4.78 is 70.9. The number of anilines is 1. The van der Waals surface area contributed by atoms with Crippen molar-refractivity contribution in [2.45, 2.75) is 44.0 Å². The predicted molar refractivity (Wildman–Crippen MR) is 125 cm³/mol. The topological polar surface area (TPSA) is 120 Å². The highest BCUT2D eigenvalue weighted by atomic mass is 19.4. The summed E-state index contributed by atoms with van der Waals surface area (Å²) >= 11 is 0. The molecule has 218 valence electrons. The average Bonchev–Trinajstić information content (AvgIpc) is 3.59. The maximum Gasteiger partial charge on any atom is 0.490 e. The van der Waals surface area contributed by atoms with Gasteiger partial charge in [-0.15, -0.1) is 0 Å². The summed E-state index contributed by atoms with van der Waals surface area (Å²) in [6.45, 7) is 7.24. The number of carboxylic acid groups (broad SMARTS) is 2. The average molecular weight is 570 g/mol. The van der Waals surface area contributed by atoms with Crippen molar-refractivity contribution in [1.29, 1.82) is 0 Å². The van der Waals surface area contributed by atoms with Gasteiger partial charge in [-0.3, -0.25) is 0 Å². The molecule has 3 fully saturated rings. The number of aromatic nitrogens is 3. The van der Waals surface area contributed by atoms with Gasteiger partial charge < -0.3 is 24.7 Å². The summed E-state index contributed by atoms with van der Waals surface area (Å²) in [5.41, 5.74) is 2.18. The first-order valence-electron chi connectivity index (χ1n) is 12.3. The Kier molecular flexibility index (Phi) is 9.98. The number of aliphatic carboxylic acids is 2. The van der Waals surface area contributed by atoms with E-state index in [-0.39, 0.29) is 0 Å². The van der Waals surface area contributed by atoms with Crippen LogP contribution < -0.4 is 4.90 Å². The lowest BCUT2D eigenvalue weighted by Gasteiger charge is -2.30. The molecule has 2 N–H and O–H groups in total. The van der Waals surface area contributed by atoms with Crippen LogP contribution in [0.15, 0.2) is 18.3 Å². The van der Waals surface area contributed by atoms with E-state index >= 15 is 0 Å². The number of rotatable bonds is 4. The first kappa shape index (κ1) is 30.4. The van der Waals surface area contributed by atoms with Crippen LogP contribution in [-0.4, -0.2) is 99.9 Å². The van der Waals surface area contributed by atoms with E-state index < -0.39 is 24.3 Å². The van der Waals surface area contributed by atoms with Gasteiger partial charge in [0.1, 0.15) is 0 Å². The molecule has 0 amide bonds. The molecule has 2 saturated heterocycles. The van der Waals surface area contributed by atoms with Crippen LogP contribution in [0.1, 0.15) is 37.4 Å². The Hall–Kier alpha value is -3.14. The van der Waals surface area contributed by atoms with E-state index in [2.05, 4.69) is 28.1 Å². The molecule has 2 aromatic rings. The Labute approximate surface area is 219 Å². The van der Waals surface area contributed by atoms with Gasteiger partial charge in [-0.25, -0.2) is 19.1 Å². The lowest BCUT2D eigenvalue weighted by Crippen LogP contribution is -2.36. The van der Waals surface area contributed by atoms with Crippen molar-refractivity contribution in [3.63, 3.8) is 0 Å². The molecule has 0 atom stereocenters. The number of nitrogens with zero attached hydrogens (tertiary/aromatic N) is 5. The standard InChI is InChI=1S/C19H27N5O.2C2HF3O2/c1-2-15(1)13-22-7-5-16(6-8-22)19-20-18-4-3-17(14-24(18)21-19)23-9-11-25-12-10-23;2*3-2(4,5)1(6)7/h3-4,14-16H,1-2,5-13H2;2*(H,6,7). The van der Waals surface area contributed by atoms with Crippen LogP contribution in [0.5, 0.6) is 0 Å². The Morgan fingerprint density at radius 3 is 1.92 bits per heavy atom. The minimum absolute atomic E-state index is 0.516. The molecular formula is C23H29F6N5O5. The number of halogens is 6. The Morgan fingerprint density at radius 2 is 1.44 bits per heavy atom. The quantitative estimate of drug-likeness (QED) is 0.534. The number of fused-ring (bicyclic) bond motifs is 1. The minimum Gasteiger partial charge on any atom is -0.475 e. The fourth-order valence-electron chi connectivity index (χ4n) is 4.11. The van der Waals surface area contributed by atoms with Crippen molar-refractivity contribution < 1.29 is 50.9 Å². The summed E-state index contributed by atoms with van der Waals surface area (Å²) in [5.74, 6) is -2.98. The van der Waals surface area contributed by atoms with Crippen molar-refractivity contribution in [2.24, 2.45) is 5.92 Å². The van der Waals surface area contributed by atoms with Crippen molar-refractivity contribution in [3.8, 4) is 0 Å². The highest BCUT2D eigenvalue weighted by Gasteiger charge is 2.39. The second-order valence-electron chi connectivity index (χ2n) is 9.38. The van der Waals surface area contributed by atoms with Crippen LogP contribution in [0.3, 0.4) is 0 Å². The highest BCUT2D eigenvalue weighted by Crippen LogP contribution is 2.33. The van der Waals surface area contributed by atoms with Crippen molar-refractivity contribution in [1.82, 2.24) is 19.5 Å². The molecule has 16 heteroatoms. The van der Waals surface area contributed by atoms with E-state index in [9.17, 15) is 26.3 Å². The fraction of sp³-hybridized carbons (Fsp3) is 0.652. The van der Waals surface area contributed by atoms with Gasteiger partial charge in [0.15, 0.2) is 11.5 Å². The summed E-state index contributed by atoms with van der Waals surface area (Å²) in [4.78, 5) is 27.6. The molecule has 10 nitrogen and oxygen atoms in total. The molecule has 2 aromatic heterocycles. The number of morpholine rings is 1. The van der Waals surface area contributed by atoms with E-state index in [0.717, 1.165) is 43.7 Å². The minimum atomic E-state index is -5.08. The Morgan fingerprint density at radius 1 is 0.897 bits per heavy atom. The normalized spacial score (nSPS) is 19.1. The zero-order chi connectivity index (χ0) is 28.8. The van der Waals surface area contributed by atoms with E-state index in [1.165, 1.54) is 51.0 Å². The number of alkyl halides is 6. The predicted octanol–water partition coefficient (Wildman–Crippen LogP) is 3.42. The molecule has 0 aromatic carbocycles. The van der Waals surface area contributed by atoms with Crippen LogP contribution in [0.4, 0.5) is 32.0 Å². The first-order valence-corrected chi connectivity index (χ1v) is 12.3. The van der Waals surface area contributed by atoms with Crippen LogP contribution in [0.25, 0.3) is 5.65 Å². The number of piperidine rings is 1. The molecule has 0 radical (unpaired) electrons. The third-order valence-electron chi connectivity index (χ3n) is 6.36. The zero-order valence-electron chi connectivity index (χ0n) is 20.8. The lowest BCUT2D eigenvalue weighted by atomic mass is 9.96. The molecule has 39 heavy (non-hydrogen) atoms. The van der Waals surface area contributed by atoms with Gasteiger partial charge in [0.05, 0.1) is 25.1 Å². The number of likely N-dealkylation sites (tertiary alicyclic amines) is 1. The molecule has 1 aliphatic carbocycles. The molecule has 0 unspecified atom stereocenters. The molecule has 1 saturated carbocycles. The third-order valence-corrected chi connectivity index (χ3v) is 6.36.